The lowest BCUT2D eigenvalue weighted by atomic mass is 9.74. The number of aromatic nitrogens is 2. The second-order valence-electron chi connectivity index (χ2n) is 4.06. The molecular weight excluding hydrogens is 182 g/mol. The van der Waals surface area contributed by atoms with Gasteiger partial charge in [-0.2, -0.15) is 0 Å². The molecule has 1 aromatic rings. The van der Waals surface area contributed by atoms with Gasteiger partial charge in [0, 0.05) is 6.04 Å². The van der Waals surface area contributed by atoms with Crippen LogP contribution >= 0.6 is 11.3 Å². The average Bonchev–Trinajstić information content (AvgIpc) is 2.46. The summed E-state index contributed by atoms with van der Waals surface area (Å²) in [6.07, 6.45) is 2.58. The quantitative estimate of drug-likeness (QED) is 0.808. The van der Waals surface area contributed by atoms with Crippen molar-refractivity contribution in [1.82, 2.24) is 10.2 Å². The molecule has 1 heterocycles. The van der Waals surface area contributed by atoms with Crippen LogP contribution in [0.3, 0.4) is 0 Å². The number of anilines is 1. The van der Waals surface area contributed by atoms with E-state index in [0.717, 1.165) is 17.0 Å². The Bertz CT molecular complexity index is 252. The number of rotatable bonds is 3. The van der Waals surface area contributed by atoms with Crippen molar-refractivity contribution in [3.63, 3.8) is 0 Å². The van der Waals surface area contributed by atoms with Gasteiger partial charge >= 0.3 is 0 Å². The van der Waals surface area contributed by atoms with Crippen molar-refractivity contribution in [3.8, 4) is 0 Å². The van der Waals surface area contributed by atoms with E-state index in [1.165, 1.54) is 12.8 Å². The summed E-state index contributed by atoms with van der Waals surface area (Å²) in [5.41, 5.74) is 1.76. The Kier molecular flexibility index (Phi) is 2.49. The van der Waals surface area contributed by atoms with E-state index in [2.05, 4.69) is 29.4 Å². The highest BCUT2D eigenvalue weighted by atomic mass is 32.1. The van der Waals surface area contributed by atoms with Crippen molar-refractivity contribution in [3.05, 3.63) is 5.51 Å². The minimum Gasteiger partial charge on any atom is -0.357 e. The lowest BCUT2D eigenvalue weighted by molar-refractivity contribution is 0.211. The summed E-state index contributed by atoms with van der Waals surface area (Å²) < 4.78 is 0. The largest absolute Gasteiger partial charge is 0.357 e. The smallest absolute Gasteiger partial charge is 0.205 e. The molecule has 0 bridgehead atoms. The standard InChI is InChI=1S/C9H15N3S/c1-6(2)7-3-8(4-7)11-9-12-10-5-13-9/h5-8H,3-4H2,1-2H3,(H,11,12). The van der Waals surface area contributed by atoms with Gasteiger partial charge in [0.15, 0.2) is 0 Å². The van der Waals surface area contributed by atoms with Crippen molar-refractivity contribution in [2.24, 2.45) is 11.8 Å². The molecule has 13 heavy (non-hydrogen) atoms. The summed E-state index contributed by atoms with van der Waals surface area (Å²) in [5.74, 6) is 1.73. The third-order valence-corrected chi connectivity index (χ3v) is 3.43. The second kappa shape index (κ2) is 3.62. The first kappa shape index (κ1) is 8.94. The van der Waals surface area contributed by atoms with Gasteiger partial charge in [0.05, 0.1) is 0 Å². The van der Waals surface area contributed by atoms with E-state index in [1.807, 2.05) is 0 Å². The first-order valence-electron chi connectivity index (χ1n) is 4.78. The number of hydrogen-bond donors (Lipinski definition) is 1. The molecule has 1 fully saturated rings. The molecule has 72 valence electrons. The summed E-state index contributed by atoms with van der Waals surface area (Å²) in [5, 5.41) is 12.1. The van der Waals surface area contributed by atoms with Crippen LogP contribution in [0.1, 0.15) is 26.7 Å². The molecule has 0 spiro atoms. The van der Waals surface area contributed by atoms with Crippen LogP contribution in [0.25, 0.3) is 0 Å². The molecule has 3 nitrogen and oxygen atoms in total. The Morgan fingerprint density at radius 3 is 2.85 bits per heavy atom. The molecule has 0 aliphatic heterocycles. The maximum atomic E-state index is 3.97. The van der Waals surface area contributed by atoms with Gasteiger partial charge in [0.25, 0.3) is 0 Å². The van der Waals surface area contributed by atoms with Crippen molar-refractivity contribution >= 4 is 16.5 Å². The van der Waals surface area contributed by atoms with E-state index in [1.54, 1.807) is 16.8 Å². The molecule has 0 radical (unpaired) electrons. The number of nitrogens with zero attached hydrogens (tertiary/aromatic N) is 2. The lowest BCUT2D eigenvalue weighted by Gasteiger charge is -2.38. The van der Waals surface area contributed by atoms with Crippen LogP contribution in [0.2, 0.25) is 0 Å². The molecule has 1 aliphatic carbocycles. The van der Waals surface area contributed by atoms with Gasteiger partial charge in [0.2, 0.25) is 5.13 Å². The third-order valence-electron chi connectivity index (χ3n) is 2.80. The van der Waals surface area contributed by atoms with E-state index >= 15 is 0 Å². The summed E-state index contributed by atoms with van der Waals surface area (Å²) in [4.78, 5) is 0. The van der Waals surface area contributed by atoms with Gasteiger partial charge in [0.1, 0.15) is 5.51 Å². The van der Waals surface area contributed by atoms with E-state index in [4.69, 9.17) is 0 Å². The highest BCUT2D eigenvalue weighted by Crippen LogP contribution is 2.35. The van der Waals surface area contributed by atoms with Crippen molar-refractivity contribution < 1.29 is 0 Å². The SMILES string of the molecule is CC(C)C1CC(Nc2nncs2)C1. The molecule has 0 saturated heterocycles. The molecule has 2 rings (SSSR count). The van der Waals surface area contributed by atoms with Crippen molar-refractivity contribution in [2.75, 3.05) is 5.32 Å². The zero-order valence-corrected chi connectivity index (χ0v) is 8.84. The molecule has 0 unspecified atom stereocenters. The van der Waals surface area contributed by atoms with E-state index in [9.17, 15) is 0 Å². The van der Waals surface area contributed by atoms with Crippen molar-refractivity contribution in [2.45, 2.75) is 32.7 Å². The van der Waals surface area contributed by atoms with Gasteiger partial charge in [-0.15, -0.1) is 10.2 Å². The molecule has 1 aromatic heterocycles. The summed E-state index contributed by atoms with van der Waals surface area (Å²) in [6, 6.07) is 0.639. The third kappa shape index (κ3) is 1.99. The van der Waals surface area contributed by atoms with Gasteiger partial charge in [-0.3, -0.25) is 0 Å². The number of nitrogens with one attached hydrogen (secondary N) is 1. The molecule has 0 amide bonds. The molecule has 4 heteroatoms. The Balaban J connectivity index is 1.76. The fourth-order valence-corrected chi connectivity index (χ4v) is 2.26. The molecular formula is C9H15N3S. The van der Waals surface area contributed by atoms with E-state index in [-0.39, 0.29) is 0 Å². The minimum atomic E-state index is 0.639. The van der Waals surface area contributed by atoms with Crippen LogP contribution in [0.4, 0.5) is 5.13 Å². The number of hydrogen-bond acceptors (Lipinski definition) is 4. The van der Waals surface area contributed by atoms with E-state index in [0.29, 0.717) is 6.04 Å². The summed E-state index contributed by atoms with van der Waals surface area (Å²) in [7, 11) is 0. The first-order valence-corrected chi connectivity index (χ1v) is 5.66. The molecule has 1 saturated carbocycles. The Labute approximate surface area is 82.6 Å². The predicted molar refractivity (Wildman–Crippen MR) is 54.9 cm³/mol. The highest BCUT2D eigenvalue weighted by Gasteiger charge is 2.31. The fourth-order valence-electron chi connectivity index (χ4n) is 1.73. The van der Waals surface area contributed by atoms with Crippen LogP contribution in [0.15, 0.2) is 5.51 Å². The monoisotopic (exact) mass is 197 g/mol. The van der Waals surface area contributed by atoms with Gasteiger partial charge < -0.3 is 5.32 Å². The van der Waals surface area contributed by atoms with Gasteiger partial charge in [-0.05, 0) is 24.7 Å². The molecule has 1 N–H and O–H groups in total. The van der Waals surface area contributed by atoms with Crippen LogP contribution in [0.5, 0.6) is 0 Å². The first-order chi connectivity index (χ1) is 6.25. The average molecular weight is 197 g/mol. The molecule has 1 aliphatic rings. The lowest BCUT2D eigenvalue weighted by Crippen LogP contribution is -2.37. The Morgan fingerprint density at radius 1 is 1.54 bits per heavy atom. The predicted octanol–water partition coefficient (Wildman–Crippen LogP) is 2.38. The fraction of sp³-hybridized carbons (Fsp3) is 0.778. The van der Waals surface area contributed by atoms with Crippen LogP contribution in [-0.2, 0) is 0 Å². The zero-order chi connectivity index (χ0) is 9.26. The summed E-state index contributed by atoms with van der Waals surface area (Å²) in [6.45, 7) is 4.59. The minimum absolute atomic E-state index is 0.639. The van der Waals surface area contributed by atoms with Crippen LogP contribution in [-0.4, -0.2) is 16.2 Å². The summed E-state index contributed by atoms with van der Waals surface area (Å²) >= 11 is 1.58. The van der Waals surface area contributed by atoms with Crippen LogP contribution < -0.4 is 5.32 Å². The zero-order valence-electron chi connectivity index (χ0n) is 8.03. The highest BCUT2D eigenvalue weighted by molar-refractivity contribution is 7.13. The maximum Gasteiger partial charge on any atom is 0.205 e. The van der Waals surface area contributed by atoms with Gasteiger partial charge in [-0.25, -0.2) is 0 Å². The van der Waals surface area contributed by atoms with Crippen molar-refractivity contribution in [1.29, 1.82) is 0 Å². The normalized spacial score (nSPS) is 27.3. The van der Waals surface area contributed by atoms with Crippen LogP contribution in [0, 0.1) is 11.8 Å². The topological polar surface area (TPSA) is 37.8 Å². The molecule has 0 aromatic carbocycles. The van der Waals surface area contributed by atoms with E-state index < -0.39 is 0 Å². The maximum absolute atomic E-state index is 3.97. The Morgan fingerprint density at radius 2 is 2.31 bits per heavy atom. The second-order valence-corrected chi connectivity index (χ2v) is 4.89. The molecule has 0 atom stereocenters. The Hall–Kier alpha value is -0.640. The van der Waals surface area contributed by atoms with Gasteiger partial charge in [-0.1, -0.05) is 25.2 Å².